The number of benzene rings is 1. The number of amides is 1. The maximum atomic E-state index is 12.2. The van der Waals surface area contributed by atoms with Gasteiger partial charge in [-0.25, -0.2) is 0 Å². The second-order valence-electron chi connectivity index (χ2n) is 4.47. The van der Waals surface area contributed by atoms with Gasteiger partial charge in [0.1, 0.15) is 5.75 Å². The first-order chi connectivity index (χ1) is 9.46. The molecule has 1 heterocycles. The predicted molar refractivity (Wildman–Crippen MR) is 73.8 cm³/mol. The molecule has 0 saturated carbocycles. The lowest BCUT2D eigenvalue weighted by molar-refractivity contribution is -0.274. The number of carbonyl (C=O) groups excluding carboxylic acids is 1. The van der Waals surface area contributed by atoms with Crippen LogP contribution in [0.25, 0.3) is 0 Å². The van der Waals surface area contributed by atoms with Crippen molar-refractivity contribution >= 4 is 18.3 Å². The van der Waals surface area contributed by atoms with Crippen molar-refractivity contribution in [2.24, 2.45) is 0 Å². The highest BCUT2D eigenvalue weighted by Crippen LogP contribution is 2.23. The molecule has 0 spiro atoms. The van der Waals surface area contributed by atoms with Crippen LogP contribution < -0.4 is 10.1 Å². The van der Waals surface area contributed by atoms with E-state index in [1.54, 1.807) is 4.90 Å². The minimum atomic E-state index is -4.72. The molecule has 1 aromatic rings. The lowest BCUT2D eigenvalue weighted by Crippen LogP contribution is -2.34. The highest BCUT2D eigenvalue weighted by Gasteiger charge is 2.31. The quantitative estimate of drug-likeness (QED) is 0.908. The van der Waals surface area contributed by atoms with Crippen LogP contribution in [-0.2, 0) is 0 Å². The summed E-state index contributed by atoms with van der Waals surface area (Å²) in [5, 5.41) is 3.18. The number of rotatable bonds is 2. The van der Waals surface area contributed by atoms with E-state index < -0.39 is 6.36 Å². The first kappa shape index (κ1) is 17.6. The number of alkyl halides is 3. The first-order valence-electron chi connectivity index (χ1n) is 6.31. The van der Waals surface area contributed by atoms with Crippen LogP contribution in [0, 0.1) is 0 Å². The average Bonchev–Trinajstić information content (AvgIpc) is 2.66. The van der Waals surface area contributed by atoms with E-state index in [4.69, 9.17) is 0 Å². The number of hydrogen-bond donors (Lipinski definition) is 1. The maximum absolute atomic E-state index is 12.2. The van der Waals surface area contributed by atoms with Crippen LogP contribution in [0.1, 0.15) is 16.8 Å². The molecule has 1 saturated heterocycles. The molecule has 4 nitrogen and oxygen atoms in total. The van der Waals surface area contributed by atoms with E-state index in [-0.39, 0.29) is 24.1 Å². The minimum absolute atomic E-state index is 0. The molecule has 8 heteroatoms. The highest BCUT2D eigenvalue weighted by atomic mass is 35.5. The van der Waals surface area contributed by atoms with Gasteiger partial charge in [-0.15, -0.1) is 25.6 Å². The third-order valence-corrected chi connectivity index (χ3v) is 2.96. The summed E-state index contributed by atoms with van der Waals surface area (Å²) in [5.74, 6) is -0.501. The lowest BCUT2D eigenvalue weighted by atomic mass is 10.2. The van der Waals surface area contributed by atoms with E-state index in [0.29, 0.717) is 18.7 Å². The van der Waals surface area contributed by atoms with E-state index in [9.17, 15) is 18.0 Å². The third-order valence-electron chi connectivity index (χ3n) is 2.96. The van der Waals surface area contributed by atoms with E-state index in [1.165, 1.54) is 12.1 Å². The van der Waals surface area contributed by atoms with Gasteiger partial charge in [-0.3, -0.25) is 4.79 Å². The number of halogens is 4. The molecule has 1 aliphatic rings. The van der Waals surface area contributed by atoms with Gasteiger partial charge in [0.05, 0.1) is 0 Å². The van der Waals surface area contributed by atoms with Gasteiger partial charge in [0.2, 0.25) is 0 Å². The van der Waals surface area contributed by atoms with Gasteiger partial charge >= 0.3 is 6.36 Å². The topological polar surface area (TPSA) is 41.6 Å². The lowest BCUT2D eigenvalue weighted by Gasteiger charge is -2.20. The Morgan fingerprint density at radius 3 is 2.43 bits per heavy atom. The van der Waals surface area contributed by atoms with E-state index in [2.05, 4.69) is 10.1 Å². The fourth-order valence-corrected chi connectivity index (χ4v) is 2.03. The summed E-state index contributed by atoms with van der Waals surface area (Å²) in [7, 11) is 0. The summed E-state index contributed by atoms with van der Waals surface area (Å²) < 4.78 is 39.9. The van der Waals surface area contributed by atoms with Crippen LogP contribution >= 0.6 is 12.4 Å². The van der Waals surface area contributed by atoms with Gasteiger partial charge in [-0.05, 0) is 37.2 Å². The predicted octanol–water partition coefficient (Wildman–Crippen LogP) is 2.44. The van der Waals surface area contributed by atoms with Crippen LogP contribution in [0.2, 0.25) is 0 Å². The zero-order valence-corrected chi connectivity index (χ0v) is 12.0. The fourth-order valence-electron chi connectivity index (χ4n) is 2.03. The van der Waals surface area contributed by atoms with Crippen molar-refractivity contribution in [3.05, 3.63) is 29.8 Å². The van der Waals surface area contributed by atoms with Crippen molar-refractivity contribution in [2.45, 2.75) is 12.8 Å². The fraction of sp³-hybridized carbons (Fsp3) is 0.462. The zero-order chi connectivity index (χ0) is 14.6. The normalized spacial score (nSPS) is 15.9. The van der Waals surface area contributed by atoms with Crippen LogP contribution in [-0.4, -0.2) is 43.3 Å². The molecule has 1 fully saturated rings. The second kappa shape index (κ2) is 7.51. The summed E-state index contributed by atoms with van der Waals surface area (Å²) in [4.78, 5) is 13.9. The SMILES string of the molecule is Cl.O=C(c1ccc(OC(F)(F)F)cc1)N1CCCNCC1. The summed E-state index contributed by atoms with van der Waals surface area (Å²) >= 11 is 0. The van der Waals surface area contributed by atoms with E-state index in [0.717, 1.165) is 31.6 Å². The Labute approximate surface area is 126 Å². The molecule has 21 heavy (non-hydrogen) atoms. The van der Waals surface area contributed by atoms with Crippen LogP contribution in [0.5, 0.6) is 5.75 Å². The first-order valence-corrected chi connectivity index (χ1v) is 6.31. The number of hydrogen-bond acceptors (Lipinski definition) is 3. The smallest absolute Gasteiger partial charge is 0.406 e. The molecule has 0 radical (unpaired) electrons. The maximum Gasteiger partial charge on any atom is 0.573 e. The molecule has 0 aliphatic carbocycles. The van der Waals surface area contributed by atoms with Gasteiger partial charge in [0.25, 0.3) is 5.91 Å². The van der Waals surface area contributed by atoms with Crippen molar-refractivity contribution in [2.75, 3.05) is 26.2 Å². The molecular weight excluding hydrogens is 309 g/mol. The molecular formula is C13H16ClF3N2O2. The Bertz CT molecular complexity index is 457. The van der Waals surface area contributed by atoms with Crippen LogP contribution in [0.3, 0.4) is 0 Å². The summed E-state index contributed by atoms with van der Waals surface area (Å²) in [6.45, 7) is 2.83. The number of nitrogens with zero attached hydrogens (tertiary/aromatic N) is 1. The van der Waals surface area contributed by atoms with Crippen molar-refractivity contribution in [3.63, 3.8) is 0 Å². The molecule has 1 aliphatic heterocycles. The largest absolute Gasteiger partial charge is 0.573 e. The molecule has 2 rings (SSSR count). The van der Waals surface area contributed by atoms with Crippen molar-refractivity contribution in [1.82, 2.24) is 10.2 Å². The van der Waals surface area contributed by atoms with Crippen molar-refractivity contribution in [3.8, 4) is 5.75 Å². The monoisotopic (exact) mass is 324 g/mol. The molecule has 0 unspecified atom stereocenters. The van der Waals surface area contributed by atoms with Gasteiger partial charge < -0.3 is 15.0 Å². The van der Waals surface area contributed by atoms with E-state index in [1.807, 2.05) is 0 Å². The molecule has 118 valence electrons. The number of ether oxygens (including phenoxy) is 1. The minimum Gasteiger partial charge on any atom is -0.406 e. The van der Waals surface area contributed by atoms with Gasteiger partial charge in [0, 0.05) is 25.2 Å². The van der Waals surface area contributed by atoms with E-state index >= 15 is 0 Å². The Balaban J connectivity index is 0.00000220. The molecule has 1 N–H and O–H groups in total. The average molecular weight is 325 g/mol. The highest BCUT2D eigenvalue weighted by molar-refractivity contribution is 5.94. The van der Waals surface area contributed by atoms with Gasteiger partial charge in [0.15, 0.2) is 0 Å². The van der Waals surface area contributed by atoms with Gasteiger partial charge in [-0.2, -0.15) is 0 Å². The van der Waals surface area contributed by atoms with Crippen molar-refractivity contribution < 1.29 is 22.7 Å². The Morgan fingerprint density at radius 2 is 1.81 bits per heavy atom. The standard InChI is InChI=1S/C13H15F3N2O2.ClH/c14-13(15,16)20-11-4-2-10(3-5-11)12(19)18-8-1-6-17-7-9-18;/h2-5,17H,1,6-9H2;1H. The summed E-state index contributed by atoms with van der Waals surface area (Å²) in [5.41, 5.74) is 0.362. The zero-order valence-electron chi connectivity index (χ0n) is 11.2. The van der Waals surface area contributed by atoms with Crippen LogP contribution in [0.4, 0.5) is 13.2 Å². The summed E-state index contributed by atoms with van der Waals surface area (Å²) in [6, 6.07) is 5.00. The summed E-state index contributed by atoms with van der Waals surface area (Å²) in [6.07, 6.45) is -3.86. The Kier molecular flexibility index (Phi) is 6.29. The molecule has 0 atom stereocenters. The third kappa shape index (κ3) is 5.43. The van der Waals surface area contributed by atoms with Crippen LogP contribution in [0.15, 0.2) is 24.3 Å². The molecule has 1 aromatic carbocycles. The number of carbonyl (C=O) groups is 1. The molecule has 0 aromatic heterocycles. The Hall–Kier alpha value is -1.47. The molecule has 0 bridgehead atoms. The van der Waals surface area contributed by atoms with Gasteiger partial charge in [-0.1, -0.05) is 0 Å². The van der Waals surface area contributed by atoms with Crippen molar-refractivity contribution in [1.29, 1.82) is 0 Å². The Morgan fingerprint density at radius 1 is 1.14 bits per heavy atom. The molecule has 1 amide bonds. The second-order valence-corrected chi connectivity index (χ2v) is 4.47. The number of nitrogens with one attached hydrogen (secondary N) is 1.